The van der Waals surface area contributed by atoms with Crippen LogP contribution in [0.25, 0.3) is 0 Å². The van der Waals surface area contributed by atoms with Gasteiger partial charge in [-0.05, 0) is 12.8 Å². The molecule has 1 fully saturated rings. The average molecular weight is 271 g/mol. The third-order valence-electron chi connectivity index (χ3n) is 3.05. The zero-order chi connectivity index (χ0) is 14.5. The number of carbonyl (C=O) groups excluding carboxylic acids is 2. The lowest BCUT2D eigenvalue weighted by molar-refractivity contribution is -0.132. The highest BCUT2D eigenvalue weighted by Gasteiger charge is 2.29. The van der Waals surface area contributed by atoms with Crippen molar-refractivity contribution in [2.45, 2.75) is 45.8 Å². The molecule has 0 aromatic heterocycles. The molecule has 1 heterocycles. The summed E-state index contributed by atoms with van der Waals surface area (Å²) < 4.78 is 5.48. The van der Waals surface area contributed by atoms with Crippen molar-refractivity contribution in [3.8, 4) is 0 Å². The first kappa shape index (κ1) is 15.9. The molecule has 0 unspecified atom stereocenters. The lowest BCUT2D eigenvalue weighted by atomic mass is 9.96. The van der Waals surface area contributed by atoms with Crippen molar-refractivity contribution in [1.82, 2.24) is 10.6 Å². The van der Waals surface area contributed by atoms with Crippen LogP contribution in [0.4, 0.5) is 0 Å². The molecule has 0 aromatic carbocycles. The van der Waals surface area contributed by atoms with Gasteiger partial charge < -0.3 is 21.1 Å². The van der Waals surface area contributed by atoms with Gasteiger partial charge in [0.05, 0.1) is 6.10 Å². The minimum absolute atomic E-state index is 0.00339. The van der Waals surface area contributed by atoms with Crippen LogP contribution in [0.5, 0.6) is 0 Å². The fourth-order valence-corrected chi connectivity index (χ4v) is 1.81. The molecule has 0 aliphatic carbocycles. The second kappa shape index (κ2) is 6.86. The second-order valence-corrected chi connectivity index (χ2v) is 5.86. The van der Waals surface area contributed by atoms with E-state index in [9.17, 15) is 9.59 Å². The smallest absolute Gasteiger partial charge is 0.249 e. The number of carbonyl (C=O) groups is 2. The number of nitrogens with two attached hydrogens (primary N) is 1. The molecule has 6 nitrogen and oxygen atoms in total. The molecule has 1 saturated heterocycles. The molecule has 0 radical (unpaired) electrons. The van der Waals surface area contributed by atoms with Gasteiger partial charge >= 0.3 is 0 Å². The molecule has 0 bridgehead atoms. The zero-order valence-electron chi connectivity index (χ0n) is 12.0. The molecule has 6 heteroatoms. The van der Waals surface area contributed by atoms with Gasteiger partial charge in [0.1, 0.15) is 6.10 Å². The summed E-state index contributed by atoms with van der Waals surface area (Å²) in [6.07, 6.45) is 1.14. The van der Waals surface area contributed by atoms with Crippen LogP contribution in [0.15, 0.2) is 0 Å². The quantitative estimate of drug-likeness (QED) is 0.602. The molecule has 1 rings (SSSR count). The summed E-state index contributed by atoms with van der Waals surface area (Å²) >= 11 is 0. The third-order valence-corrected chi connectivity index (χ3v) is 3.05. The van der Waals surface area contributed by atoms with Crippen LogP contribution < -0.4 is 16.4 Å². The first-order chi connectivity index (χ1) is 8.84. The van der Waals surface area contributed by atoms with E-state index in [1.165, 1.54) is 0 Å². The van der Waals surface area contributed by atoms with Crippen molar-refractivity contribution in [3.63, 3.8) is 0 Å². The summed E-state index contributed by atoms with van der Waals surface area (Å²) in [6, 6.07) is 0. The lowest BCUT2D eigenvalue weighted by Gasteiger charge is -2.18. The zero-order valence-corrected chi connectivity index (χ0v) is 12.0. The van der Waals surface area contributed by atoms with Gasteiger partial charge in [0.2, 0.25) is 11.8 Å². The molecule has 0 aromatic rings. The molecule has 110 valence electrons. The second-order valence-electron chi connectivity index (χ2n) is 5.86. The van der Waals surface area contributed by atoms with E-state index in [0.717, 1.165) is 6.42 Å². The largest absolute Gasteiger partial charge is 0.364 e. The third kappa shape index (κ3) is 5.16. The highest BCUT2D eigenvalue weighted by molar-refractivity contribution is 5.82. The van der Waals surface area contributed by atoms with E-state index in [0.29, 0.717) is 26.1 Å². The first-order valence-electron chi connectivity index (χ1n) is 6.76. The Hall–Kier alpha value is -1.14. The highest BCUT2D eigenvalue weighted by atomic mass is 16.5. The molecule has 1 aliphatic heterocycles. The molecule has 0 saturated carbocycles. The van der Waals surface area contributed by atoms with Gasteiger partial charge in [-0.2, -0.15) is 0 Å². The fourth-order valence-electron chi connectivity index (χ4n) is 1.81. The Morgan fingerprint density at radius 3 is 2.37 bits per heavy atom. The van der Waals surface area contributed by atoms with Crippen LogP contribution in [0.3, 0.4) is 0 Å². The Morgan fingerprint density at radius 1 is 1.21 bits per heavy atom. The molecule has 0 spiro atoms. The number of hydrogen-bond donors (Lipinski definition) is 3. The van der Waals surface area contributed by atoms with E-state index >= 15 is 0 Å². The molecule has 19 heavy (non-hydrogen) atoms. The molecular formula is C13H25N3O3. The number of ether oxygens (including phenoxy) is 1. The Bertz CT molecular complexity index is 326. The van der Waals surface area contributed by atoms with E-state index in [1.54, 1.807) is 0 Å². The van der Waals surface area contributed by atoms with Gasteiger partial charge in [-0.15, -0.1) is 0 Å². The normalized spacial score (nSPS) is 23.2. The fraction of sp³-hybridized carbons (Fsp3) is 0.846. The molecular weight excluding hydrogens is 246 g/mol. The summed E-state index contributed by atoms with van der Waals surface area (Å²) in [7, 11) is 0. The molecule has 1 aliphatic rings. The first-order valence-corrected chi connectivity index (χ1v) is 6.76. The number of hydrogen-bond acceptors (Lipinski definition) is 4. The number of rotatable bonds is 5. The van der Waals surface area contributed by atoms with Crippen LogP contribution in [0.2, 0.25) is 0 Å². The minimum atomic E-state index is -0.410. The maximum Gasteiger partial charge on any atom is 0.249 e. The van der Waals surface area contributed by atoms with Crippen molar-refractivity contribution in [3.05, 3.63) is 0 Å². The maximum absolute atomic E-state index is 11.8. The minimum Gasteiger partial charge on any atom is -0.364 e. The van der Waals surface area contributed by atoms with Crippen LogP contribution in [0, 0.1) is 5.41 Å². The van der Waals surface area contributed by atoms with Crippen molar-refractivity contribution >= 4 is 11.8 Å². The maximum atomic E-state index is 11.8. The van der Waals surface area contributed by atoms with E-state index in [2.05, 4.69) is 10.6 Å². The van der Waals surface area contributed by atoms with Crippen LogP contribution in [0.1, 0.15) is 33.6 Å². The van der Waals surface area contributed by atoms with Gasteiger partial charge in [0, 0.05) is 25.0 Å². The van der Waals surface area contributed by atoms with Gasteiger partial charge in [0.25, 0.3) is 0 Å². The average Bonchev–Trinajstić information content (AvgIpc) is 2.81. The van der Waals surface area contributed by atoms with Crippen LogP contribution in [-0.2, 0) is 14.3 Å². The summed E-state index contributed by atoms with van der Waals surface area (Å²) in [4.78, 5) is 23.3. The molecule has 2 atom stereocenters. The Morgan fingerprint density at radius 2 is 1.84 bits per heavy atom. The Labute approximate surface area is 114 Å². The molecule has 4 N–H and O–H groups in total. The summed E-state index contributed by atoms with van der Waals surface area (Å²) in [6.45, 7) is 6.83. The number of nitrogens with one attached hydrogen (secondary N) is 2. The van der Waals surface area contributed by atoms with Crippen molar-refractivity contribution in [2.24, 2.45) is 11.1 Å². The Balaban J connectivity index is 2.16. The Kier molecular flexibility index (Phi) is 5.75. The monoisotopic (exact) mass is 271 g/mol. The summed E-state index contributed by atoms with van der Waals surface area (Å²) in [5.41, 5.74) is 5.08. The summed E-state index contributed by atoms with van der Waals surface area (Å²) in [5.74, 6) is -0.150. The predicted octanol–water partition coefficient (Wildman–Crippen LogP) is -0.229. The van der Waals surface area contributed by atoms with Crippen molar-refractivity contribution in [2.75, 3.05) is 19.6 Å². The highest BCUT2D eigenvalue weighted by Crippen LogP contribution is 2.18. The number of amides is 2. The van der Waals surface area contributed by atoms with Crippen molar-refractivity contribution in [1.29, 1.82) is 0 Å². The van der Waals surface area contributed by atoms with Gasteiger partial charge in [-0.1, -0.05) is 20.8 Å². The summed E-state index contributed by atoms with van der Waals surface area (Å²) in [5, 5.41) is 5.53. The van der Waals surface area contributed by atoms with E-state index in [-0.39, 0.29) is 17.9 Å². The van der Waals surface area contributed by atoms with Crippen molar-refractivity contribution < 1.29 is 14.3 Å². The standard InChI is InChI=1S/C13H25N3O3/c1-13(2,3)12(18)16-7-6-15-11(17)10-5-4-9(8-14)19-10/h9-10H,4-8,14H2,1-3H3,(H,15,17)(H,16,18)/t9-,10+/m1/s1. The van der Waals surface area contributed by atoms with Crippen LogP contribution >= 0.6 is 0 Å². The molecule has 2 amide bonds. The van der Waals surface area contributed by atoms with Crippen LogP contribution in [-0.4, -0.2) is 43.7 Å². The van der Waals surface area contributed by atoms with E-state index in [1.807, 2.05) is 20.8 Å². The predicted molar refractivity (Wildman–Crippen MR) is 72.4 cm³/mol. The lowest BCUT2D eigenvalue weighted by Crippen LogP contribution is -2.42. The SMILES string of the molecule is CC(C)(C)C(=O)NCCNC(=O)[C@@H]1CC[C@H](CN)O1. The van der Waals surface area contributed by atoms with Gasteiger partial charge in [-0.25, -0.2) is 0 Å². The van der Waals surface area contributed by atoms with Gasteiger partial charge in [-0.3, -0.25) is 9.59 Å². The van der Waals surface area contributed by atoms with E-state index in [4.69, 9.17) is 10.5 Å². The van der Waals surface area contributed by atoms with Gasteiger partial charge in [0.15, 0.2) is 0 Å². The van der Waals surface area contributed by atoms with E-state index < -0.39 is 11.5 Å². The topological polar surface area (TPSA) is 93.5 Å².